The number of aromatic nitrogens is 1. The molecule has 0 fully saturated rings. The molecule has 0 saturated heterocycles. The normalized spacial score (nSPS) is 13.0. The average molecular weight is 494 g/mol. The number of nitrogens with one attached hydrogen (secondary N) is 2. The number of alkyl carbamates (subject to hydrolysis) is 1. The number of carbonyl (C=O) groups excluding carboxylic acids is 2. The van der Waals surface area contributed by atoms with Crippen LogP contribution in [0.2, 0.25) is 0 Å². The van der Waals surface area contributed by atoms with E-state index >= 15 is 0 Å². The highest BCUT2D eigenvalue weighted by Crippen LogP contribution is 2.44. The Hall–Kier alpha value is -3.72. The van der Waals surface area contributed by atoms with Gasteiger partial charge in [-0.3, -0.25) is 4.79 Å². The number of benzene rings is 2. The summed E-state index contributed by atoms with van der Waals surface area (Å²) in [5, 5.41) is 14.9. The summed E-state index contributed by atoms with van der Waals surface area (Å²) < 4.78 is 9.57. The lowest BCUT2D eigenvalue weighted by Gasteiger charge is -2.18. The van der Waals surface area contributed by atoms with Gasteiger partial charge in [-0.1, -0.05) is 61.9 Å². The SMILES string of the molecule is CCCC(CNC(=O)OCC1c2ccccc2-c2ccccc21)C(=O)Nc1snc(C)c1C(=O)O. The topological polar surface area (TPSA) is 118 Å². The van der Waals surface area contributed by atoms with E-state index in [4.69, 9.17) is 4.74 Å². The molecule has 1 aromatic heterocycles. The number of anilines is 1. The Kier molecular flexibility index (Phi) is 7.45. The van der Waals surface area contributed by atoms with Crippen LogP contribution in [0.3, 0.4) is 0 Å². The maximum Gasteiger partial charge on any atom is 0.407 e. The molecule has 1 unspecified atom stereocenters. The van der Waals surface area contributed by atoms with Gasteiger partial charge in [-0.2, -0.15) is 4.37 Å². The van der Waals surface area contributed by atoms with Crippen molar-refractivity contribution in [3.8, 4) is 11.1 Å². The quantitative estimate of drug-likeness (QED) is 0.384. The van der Waals surface area contributed by atoms with Gasteiger partial charge >= 0.3 is 12.1 Å². The second kappa shape index (κ2) is 10.7. The summed E-state index contributed by atoms with van der Waals surface area (Å²) in [5.41, 5.74) is 4.88. The molecule has 0 radical (unpaired) electrons. The molecule has 1 atom stereocenters. The Morgan fingerprint density at radius 2 is 1.71 bits per heavy atom. The number of fused-ring (bicyclic) bond motifs is 3. The highest BCUT2D eigenvalue weighted by atomic mass is 32.1. The molecule has 3 N–H and O–H groups in total. The monoisotopic (exact) mass is 493 g/mol. The second-order valence-corrected chi connectivity index (χ2v) is 9.23. The maximum atomic E-state index is 12.8. The van der Waals surface area contributed by atoms with Crippen LogP contribution >= 0.6 is 11.5 Å². The number of carboxylic acid groups (broad SMARTS) is 1. The van der Waals surface area contributed by atoms with Crippen molar-refractivity contribution < 1.29 is 24.2 Å². The summed E-state index contributed by atoms with van der Waals surface area (Å²) in [5.74, 6) is -2.09. The zero-order chi connectivity index (χ0) is 24.9. The molecule has 8 nitrogen and oxygen atoms in total. The van der Waals surface area contributed by atoms with Crippen LogP contribution in [-0.2, 0) is 9.53 Å². The molecule has 2 aromatic carbocycles. The highest BCUT2D eigenvalue weighted by Gasteiger charge is 2.29. The molecule has 0 bridgehead atoms. The first-order valence-corrected chi connectivity index (χ1v) is 12.3. The Morgan fingerprint density at radius 1 is 1.09 bits per heavy atom. The van der Waals surface area contributed by atoms with Crippen LogP contribution in [0.5, 0.6) is 0 Å². The zero-order valence-corrected chi connectivity index (χ0v) is 20.4. The maximum absolute atomic E-state index is 12.8. The van der Waals surface area contributed by atoms with E-state index in [-0.39, 0.29) is 35.5 Å². The van der Waals surface area contributed by atoms with E-state index in [9.17, 15) is 19.5 Å². The Balaban J connectivity index is 1.36. The first-order valence-electron chi connectivity index (χ1n) is 11.5. The second-order valence-electron chi connectivity index (χ2n) is 8.46. The fourth-order valence-electron chi connectivity index (χ4n) is 4.45. The van der Waals surface area contributed by atoms with Crippen molar-refractivity contribution in [3.63, 3.8) is 0 Å². The van der Waals surface area contributed by atoms with E-state index in [0.29, 0.717) is 12.1 Å². The number of rotatable bonds is 9. The van der Waals surface area contributed by atoms with Crippen molar-refractivity contribution in [1.82, 2.24) is 9.69 Å². The molecule has 35 heavy (non-hydrogen) atoms. The van der Waals surface area contributed by atoms with E-state index < -0.39 is 18.0 Å². The minimum absolute atomic E-state index is 0.0110. The Bertz CT molecular complexity index is 1210. The van der Waals surface area contributed by atoms with Gasteiger partial charge in [-0.25, -0.2) is 9.59 Å². The summed E-state index contributed by atoms with van der Waals surface area (Å²) in [6, 6.07) is 16.2. The molecule has 4 rings (SSSR count). The third-order valence-corrected chi connectivity index (χ3v) is 7.01. The summed E-state index contributed by atoms with van der Waals surface area (Å²) in [7, 11) is 0. The van der Waals surface area contributed by atoms with Gasteiger partial charge in [0.15, 0.2) is 0 Å². The van der Waals surface area contributed by atoms with Gasteiger partial charge in [0.25, 0.3) is 0 Å². The molecule has 0 aliphatic heterocycles. The van der Waals surface area contributed by atoms with Crippen molar-refractivity contribution >= 4 is 34.5 Å². The van der Waals surface area contributed by atoms with Gasteiger partial charge in [0.05, 0.1) is 11.6 Å². The standard InChI is InChI=1S/C26H27N3O5S/c1-3-8-16(23(30)28-24-22(25(31)32)15(2)29-35-24)13-27-26(33)34-14-21-19-11-6-4-9-17(19)18-10-5-7-12-20(18)21/h4-7,9-12,16,21H,3,8,13-14H2,1-2H3,(H,27,33)(H,28,30)(H,31,32). The van der Waals surface area contributed by atoms with Crippen molar-refractivity contribution in [2.24, 2.45) is 5.92 Å². The van der Waals surface area contributed by atoms with Crippen LogP contribution in [0.4, 0.5) is 9.80 Å². The molecule has 2 amide bonds. The van der Waals surface area contributed by atoms with E-state index in [2.05, 4.69) is 39.3 Å². The number of aryl methyl sites for hydroxylation is 1. The summed E-state index contributed by atoms with van der Waals surface area (Å²) >= 11 is 0.929. The predicted molar refractivity (Wildman–Crippen MR) is 134 cm³/mol. The highest BCUT2D eigenvalue weighted by molar-refractivity contribution is 7.11. The molecule has 0 saturated carbocycles. The predicted octanol–water partition coefficient (Wildman–Crippen LogP) is 5.04. The molecule has 9 heteroatoms. The Morgan fingerprint density at radius 3 is 2.31 bits per heavy atom. The molecule has 1 aliphatic carbocycles. The van der Waals surface area contributed by atoms with Gasteiger partial charge in [0.1, 0.15) is 17.2 Å². The van der Waals surface area contributed by atoms with Gasteiger partial charge in [-0.15, -0.1) is 0 Å². The minimum atomic E-state index is -1.14. The van der Waals surface area contributed by atoms with Crippen LogP contribution in [0.1, 0.15) is 52.9 Å². The van der Waals surface area contributed by atoms with Crippen molar-refractivity contribution in [1.29, 1.82) is 0 Å². The first kappa shape index (κ1) is 24.4. The van der Waals surface area contributed by atoms with E-state index in [0.717, 1.165) is 40.2 Å². The smallest absolute Gasteiger partial charge is 0.407 e. The van der Waals surface area contributed by atoms with Crippen LogP contribution in [0.15, 0.2) is 48.5 Å². The molecule has 0 spiro atoms. The number of nitrogens with zero attached hydrogens (tertiary/aromatic N) is 1. The number of amides is 2. The van der Waals surface area contributed by atoms with Gasteiger partial charge < -0.3 is 20.5 Å². The third kappa shape index (κ3) is 5.19. The van der Waals surface area contributed by atoms with Gasteiger partial charge in [0.2, 0.25) is 5.91 Å². The van der Waals surface area contributed by atoms with Crippen LogP contribution in [0, 0.1) is 12.8 Å². The number of ether oxygens (including phenoxy) is 1. The van der Waals surface area contributed by atoms with E-state index in [1.807, 2.05) is 31.2 Å². The van der Waals surface area contributed by atoms with E-state index in [1.54, 1.807) is 6.92 Å². The number of hydrogen-bond donors (Lipinski definition) is 3. The molecule has 3 aromatic rings. The summed E-state index contributed by atoms with van der Waals surface area (Å²) in [6.07, 6.45) is 0.647. The van der Waals surface area contributed by atoms with Gasteiger partial charge in [-0.05, 0) is 47.1 Å². The van der Waals surface area contributed by atoms with Crippen LogP contribution in [0.25, 0.3) is 11.1 Å². The Labute approximate surface area is 207 Å². The number of hydrogen-bond acceptors (Lipinski definition) is 6. The van der Waals surface area contributed by atoms with E-state index in [1.165, 1.54) is 0 Å². The minimum Gasteiger partial charge on any atom is -0.478 e. The number of carbonyl (C=O) groups is 3. The summed E-state index contributed by atoms with van der Waals surface area (Å²) in [6.45, 7) is 3.79. The lowest BCUT2D eigenvalue weighted by molar-refractivity contribution is -0.119. The largest absolute Gasteiger partial charge is 0.478 e. The fraction of sp³-hybridized carbons (Fsp3) is 0.308. The third-order valence-electron chi connectivity index (χ3n) is 6.16. The lowest BCUT2D eigenvalue weighted by atomic mass is 9.98. The fourth-order valence-corrected chi connectivity index (χ4v) is 5.24. The number of carboxylic acids is 1. The average Bonchev–Trinajstić information content (AvgIpc) is 3.37. The zero-order valence-electron chi connectivity index (χ0n) is 19.5. The van der Waals surface area contributed by atoms with Gasteiger partial charge in [0, 0.05) is 12.5 Å². The van der Waals surface area contributed by atoms with Crippen molar-refractivity contribution in [2.45, 2.75) is 32.6 Å². The molecule has 1 heterocycles. The van der Waals surface area contributed by atoms with Crippen LogP contribution in [-0.4, -0.2) is 40.6 Å². The molecule has 1 aliphatic rings. The van der Waals surface area contributed by atoms with Crippen molar-refractivity contribution in [2.75, 3.05) is 18.5 Å². The van der Waals surface area contributed by atoms with Crippen molar-refractivity contribution in [3.05, 3.63) is 70.9 Å². The summed E-state index contributed by atoms with van der Waals surface area (Å²) in [4.78, 5) is 36.8. The molecular weight excluding hydrogens is 466 g/mol. The number of aromatic carboxylic acids is 1. The van der Waals surface area contributed by atoms with Crippen LogP contribution < -0.4 is 10.6 Å². The molecular formula is C26H27N3O5S. The molecule has 182 valence electrons. The first-order chi connectivity index (χ1) is 16.9. The lowest BCUT2D eigenvalue weighted by Crippen LogP contribution is -2.36.